The number of carbonyl (C=O) groups is 1. The largest absolute Gasteiger partial charge is 0.507 e. The summed E-state index contributed by atoms with van der Waals surface area (Å²) in [4.78, 5) is 11.2. The standard InChI is InChI=1S/C22H28O3/c1-21(2,3)17-9-7-15(13-18(17)22(4,5)6)11-14-8-10-19(23)16(12-14)20(24)25/h7-10,12-13,23H,11H2,1-6H3,(H,24,25). The molecular weight excluding hydrogens is 312 g/mol. The third-order valence-electron chi connectivity index (χ3n) is 4.40. The number of benzene rings is 2. The highest BCUT2D eigenvalue weighted by Gasteiger charge is 2.25. The van der Waals surface area contributed by atoms with Crippen LogP contribution in [0, 0.1) is 0 Å². The van der Waals surface area contributed by atoms with Gasteiger partial charge in [-0.15, -0.1) is 0 Å². The van der Waals surface area contributed by atoms with E-state index in [1.165, 1.54) is 17.2 Å². The molecule has 134 valence electrons. The van der Waals surface area contributed by atoms with E-state index in [0.29, 0.717) is 6.42 Å². The fourth-order valence-corrected chi connectivity index (χ4v) is 3.08. The predicted molar refractivity (Wildman–Crippen MR) is 102 cm³/mol. The van der Waals surface area contributed by atoms with Crippen LogP contribution >= 0.6 is 0 Å². The van der Waals surface area contributed by atoms with Crippen molar-refractivity contribution >= 4 is 5.97 Å². The SMILES string of the molecule is CC(C)(C)c1ccc(Cc2ccc(O)c(C(=O)O)c2)cc1C(C)(C)C. The first-order valence-corrected chi connectivity index (χ1v) is 8.58. The lowest BCUT2D eigenvalue weighted by atomic mass is 9.74. The minimum atomic E-state index is -1.11. The lowest BCUT2D eigenvalue weighted by Gasteiger charge is -2.30. The molecule has 2 N–H and O–H groups in total. The van der Waals surface area contributed by atoms with Crippen LogP contribution < -0.4 is 0 Å². The molecule has 3 heteroatoms. The summed E-state index contributed by atoms with van der Waals surface area (Å²) in [7, 11) is 0. The molecule has 2 aromatic carbocycles. The number of carboxylic acid groups (broad SMARTS) is 1. The Morgan fingerprint density at radius 2 is 1.36 bits per heavy atom. The van der Waals surface area contributed by atoms with Crippen LogP contribution in [0.1, 0.15) is 74.2 Å². The van der Waals surface area contributed by atoms with Crippen LogP contribution in [0.2, 0.25) is 0 Å². The summed E-state index contributed by atoms with van der Waals surface area (Å²) < 4.78 is 0. The van der Waals surface area contributed by atoms with Crippen LogP contribution in [0.15, 0.2) is 36.4 Å². The molecule has 0 fully saturated rings. The van der Waals surface area contributed by atoms with Crippen molar-refractivity contribution in [2.45, 2.75) is 58.8 Å². The zero-order valence-corrected chi connectivity index (χ0v) is 16.0. The second kappa shape index (κ2) is 6.55. The second-order valence-corrected chi connectivity index (χ2v) is 8.71. The van der Waals surface area contributed by atoms with E-state index < -0.39 is 5.97 Å². The van der Waals surface area contributed by atoms with Crippen molar-refractivity contribution in [3.8, 4) is 5.75 Å². The molecule has 2 aromatic rings. The Bertz CT molecular complexity index is 790. The average Bonchev–Trinajstić information content (AvgIpc) is 2.47. The van der Waals surface area contributed by atoms with E-state index in [1.807, 2.05) is 0 Å². The van der Waals surface area contributed by atoms with Crippen molar-refractivity contribution in [2.24, 2.45) is 0 Å². The van der Waals surface area contributed by atoms with Crippen LogP contribution in [0.5, 0.6) is 5.75 Å². The van der Waals surface area contributed by atoms with Gasteiger partial charge in [0.2, 0.25) is 0 Å². The fourth-order valence-electron chi connectivity index (χ4n) is 3.08. The van der Waals surface area contributed by atoms with E-state index in [-0.39, 0.29) is 22.1 Å². The van der Waals surface area contributed by atoms with E-state index in [1.54, 1.807) is 12.1 Å². The summed E-state index contributed by atoms with van der Waals surface area (Å²) in [6, 6.07) is 11.3. The Morgan fingerprint density at radius 1 is 0.840 bits per heavy atom. The molecule has 25 heavy (non-hydrogen) atoms. The maximum atomic E-state index is 11.2. The highest BCUT2D eigenvalue weighted by atomic mass is 16.4. The smallest absolute Gasteiger partial charge is 0.339 e. The fraction of sp³-hybridized carbons (Fsp3) is 0.409. The number of phenols is 1. The molecule has 0 saturated heterocycles. The highest BCUT2D eigenvalue weighted by molar-refractivity contribution is 5.90. The number of rotatable bonds is 3. The molecule has 0 atom stereocenters. The molecule has 0 heterocycles. The molecule has 2 rings (SSSR count). The van der Waals surface area contributed by atoms with Gasteiger partial charge in [-0.25, -0.2) is 4.79 Å². The third-order valence-corrected chi connectivity index (χ3v) is 4.40. The summed E-state index contributed by atoms with van der Waals surface area (Å²) >= 11 is 0. The van der Waals surface area contributed by atoms with Crippen LogP contribution in [0.3, 0.4) is 0 Å². The normalized spacial score (nSPS) is 12.2. The maximum Gasteiger partial charge on any atom is 0.339 e. The van der Waals surface area contributed by atoms with Gasteiger partial charge in [-0.05, 0) is 51.6 Å². The lowest BCUT2D eigenvalue weighted by molar-refractivity contribution is 0.0693. The molecule has 0 saturated carbocycles. The molecule has 0 aliphatic heterocycles. The van der Waals surface area contributed by atoms with E-state index in [2.05, 4.69) is 59.7 Å². The number of aromatic carboxylic acids is 1. The van der Waals surface area contributed by atoms with Gasteiger partial charge in [0.1, 0.15) is 11.3 Å². The first-order chi connectivity index (χ1) is 11.4. The molecular formula is C22H28O3. The van der Waals surface area contributed by atoms with Crippen molar-refractivity contribution in [1.82, 2.24) is 0 Å². The van der Waals surface area contributed by atoms with Gasteiger partial charge in [-0.2, -0.15) is 0 Å². The number of hydrogen-bond donors (Lipinski definition) is 2. The Balaban J connectivity index is 2.45. The van der Waals surface area contributed by atoms with Crippen LogP contribution in [0.25, 0.3) is 0 Å². The average molecular weight is 340 g/mol. The first kappa shape index (κ1) is 19.0. The zero-order valence-electron chi connectivity index (χ0n) is 16.0. The predicted octanol–water partition coefficient (Wildman–Crippen LogP) is 5.28. The van der Waals surface area contributed by atoms with E-state index in [9.17, 15) is 15.0 Å². The summed E-state index contributed by atoms with van der Waals surface area (Å²) in [5, 5.41) is 18.8. The summed E-state index contributed by atoms with van der Waals surface area (Å²) in [5.41, 5.74) is 4.70. The molecule has 0 amide bonds. The highest BCUT2D eigenvalue weighted by Crippen LogP contribution is 2.35. The van der Waals surface area contributed by atoms with Gasteiger partial charge in [-0.1, -0.05) is 65.8 Å². The van der Waals surface area contributed by atoms with E-state index in [0.717, 1.165) is 11.1 Å². The van der Waals surface area contributed by atoms with Crippen molar-refractivity contribution in [2.75, 3.05) is 0 Å². The molecule has 0 unspecified atom stereocenters. The van der Waals surface area contributed by atoms with Gasteiger partial charge in [-0.3, -0.25) is 0 Å². The Labute approximate surface area is 150 Å². The van der Waals surface area contributed by atoms with E-state index in [4.69, 9.17) is 0 Å². The van der Waals surface area contributed by atoms with Crippen LogP contribution in [-0.2, 0) is 17.3 Å². The lowest BCUT2D eigenvalue weighted by Crippen LogP contribution is -2.22. The third kappa shape index (κ3) is 4.41. The van der Waals surface area contributed by atoms with Crippen molar-refractivity contribution in [1.29, 1.82) is 0 Å². The Hall–Kier alpha value is -2.29. The molecule has 0 radical (unpaired) electrons. The minimum absolute atomic E-state index is 0.0276. The van der Waals surface area contributed by atoms with Crippen molar-refractivity contribution < 1.29 is 15.0 Å². The van der Waals surface area contributed by atoms with Gasteiger partial charge in [0, 0.05) is 0 Å². The molecule has 0 aliphatic rings. The Kier molecular flexibility index (Phi) is 4.99. The molecule has 0 bridgehead atoms. The van der Waals surface area contributed by atoms with Gasteiger partial charge < -0.3 is 10.2 Å². The first-order valence-electron chi connectivity index (χ1n) is 8.58. The van der Waals surface area contributed by atoms with Gasteiger partial charge in [0.05, 0.1) is 0 Å². The second-order valence-electron chi connectivity index (χ2n) is 8.71. The van der Waals surface area contributed by atoms with Gasteiger partial charge in [0.15, 0.2) is 0 Å². The molecule has 3 nitrogen and oxygen atoms in total. The van der Waals surface area contributed by atoms with E-state index >= 15 is 0 Å². The minimum Gasteiger partial charge on any atom is -0.507 e. The molecule has 0 spiro atoms. The summed E-state index contributed by atoms with van der Waals surface area (Å²) in [6.45, 7) is 13.3. The summed E-state index contributed by atoms with van der Waals surface area (Å²) in [5.74, 6) is -1.31. The van der Waals surface area contributed by atoms with Crippen molar-refractivity contribution in [3.63, 3.8) is 0 Å². The number of aromatic hydroxyl groups is 1. The quantitative estimate of drug-likeness (QED) is 0.799. The number of carboxylic acids is 1. The summed E-state index contributed by atoms with van der Waals surface area (Å²) in [6.07, 6.45) is 0.633. The monoisotopic (exact) mass is 340 g/mol. The molecule has 0 aromatic heterocycles. The van der Waals surface area contributed by atoms with Gasteiger partial charge in [0.25, 0.3) is 0 Å². The Morgan fingerprint density at radius 3 is 1.88 bits per heavy atom. The van der Waals surface area contributed by atoms with Crippen molar-refractivity contribution in [3.05, 3.63) is 64.2 Å². The molecule has 0 aliphatic carbocycles. The number of hydrogen-bond acceptors (Lipinski definition) is 2. The van der Waals surface area contributed by atoms with Crippen LogP contribution in [-0.4, -0.2) is 16.2 Å². The maximum absolute atomic E-state index is 11.2. The van der Waals surface area contributed by atoms with Crippen LogP contribution in [0.4, 0.5) is 0 Å². The topological polar surface area (TPSA) is 57.5 Å². The zero-order chi connectivity index (χ0) is 19.0. The van der Waals surface area contributed by atoms with Gasteiger partial charge >= 0.3 is 5.97 Å².